The van der Waals surface area contributed by atoms with Gasteiger partial charge in [-0.25, -0.2) is 4.98 Å². The van der Waals surface area contributed by atoms with E-state index in [1.54, 1.807) is 24.5 Å². The van der Waals surface area contributed by atoms with Gasteiger partial charge in [-0.15, -0.1) is 0 Å². The molecule has 4 heterocycles. The maximum Gasteiger partial charge on any atom is 0.194 e. The molecule has 4 aromatic heterocycles. The molecule has 36 heavy (non-hydrogen) atoms. The van der Waals surface area contributed by atoms with E-state index in [0.717, 1.165) is 27.8 Å². The zero-order valence-corrected chi connectivity index (χ0v) is 19.5. The van der Waals surface area contributed by atoms with Crippen LogP contribution in [0.4, 0.5) is 0 Å². The number of aryl methyl sites for hydroxylation is 1. The summed E-state index contributed by atoms with van der Waals surface area (Å²) in [5.74, 6) is 1.27. The van der Waals surface area contributed by atoms with Gasteiger partial charge in [0.05, 0.1) is 10.9 Å². The third-order valence-electron chi connectivity index (χ3n) is 6.28. The van der Waals surface area contributed by atoms with Crippen LogP contribution in [-0.2, 0) is 6.42 Å². The summed E-state index contributed by atoms with van der Waals surface area (Å²) in [7, 11) is 0. The summed E-state index contributed by atoms with van der Waals surface area (Å²) in [6.07, 6.45) is 3.34. The first-order chi connectivity index (χ1) is 17.6. The van der Waals surface area contributed by atoms with Crippen LogP contribution < -0.4 is 5.43 Å². The number of carbonyl (C=O) groups is 1. The van der Waals surface area contributed by atoms with Crippen molar-refractivity contribution in [3.8, 4) is 22.6 Å². The van der Waals surface area contributed by atoms with Crippen molar-refractivity contribution in [2.45, 2.75) is 13.3 Å². The molecule has 6 nitrogen and oxygen atoms in total. The predicted molar refractivity (Wildman–Crippen MR) is 140 cm³/mol. The van der Waals surface area contributed by atoms with E-state index < -0.39 is 0 Å². The van der Waals surface area contributed by atoms with Gasteiger partial charge in [-0.2, -0.15) is 0 Å². The molecule has 6 rings (SSSR count). The van der Waals surface area contributed by atoms with Crippen LogP contribution in [0.2, 0.25) is 0 Å². The van der Waals surface area contributed by atoms with Crippen molar-refractivity contribution in [1.29, 1.82) is 0 Å². The second-order valence-electron chi connectivity index (χ2n) is 8.71. The molecule has 0 aliphatic heterocycles. The topological polar surface area (TPSA) is 88.9 Å². The van der Waals surface area contributed by atoms with E-state index in [4.69, 9.17) is 9.40 Å². The van der Waals surface area contributed by atoms with Crippen molar-refractivity contribution in [3.05, 3.63) is 118 Å². The highest BCUT2D eigenvalue weighted by Gasteiger charge is 2.18. The fourth-order valence-electron chi connectivity index (χ4n) is 4.43. The monoisotopic (exact) mass is 471 g/mol. The van der Waals surface area contributed by atoms with Gasteiger partial charge >= 0.3 is 0 Å². The third kappa shape index (κ3) is 3.88. The van der Waals surface area contributed by atoms with E-state index in [2.05, 4.69) is 9.97 Å². The highest BCUT2D eigenvalue weighted by atomic mass is 16.3. The van der Waals surface area contributed by atoms with E-state index in [-0.39, 0.29) is 17.6 Å². The minimum atomic E-state index is -0.216. The average Bonchev–Trinajstić information content (AvgIpc) is 3.36. The van der Waals surface area contributed by atoms with E-state index in [0.29, 0.717) is 33.6 Å². The fraction of sp³-hybridized carbons (Fsp3) is 0.0667. The Bertz CT molecular complexity index is 1820. The SMILES string of the molecule is Cc1ccc(-c2nc3[nH]cc(CC(=O)c4ccccc4)c(=O)c3cc2-c2ccc3ncccc3c2)o1. The van der Waals surface area contributed by atoms with Crippen LogP contribution in [-0.4, -0.2) is 20.7 Å². The lowest BCUT2D eigenvalue weighted by atomic mass is 9.98. The maximum atomic E-state index is 13.5. The molecule has 0 unspecified atom stereocenters. The van der Waals surface area contributed by atoms with Gasteiger partial charge in [0.1, 0.15) is 17.1 Å². The van der Waals surface area contributed by atoms with Gasteiger partial charge in [0.2, 0.25) is 0 Å². The Morgan fingerprint density at radius 2 is 1.83 bits per heavy atom. The average molecular weight is 472 g/mol. The fourth-order valence-corrected chi connectivity index (χ4v) is 4.43. The summed E-state index contributed by atoms with van der Waals surface area (Å²) in [5.41, 5.74) is 4.35. The van der Waals surface area contributed by atoms with Crippen LogP contribution in [0, 0.1) is 6.92 Å². The molecule has 0 atom stereocenters. The molecule has 1 N–H and O–H groups in total. The van der Waals surface area contributed by atoms with E-state index in [1.165, 1.54) is 0 Å². The zero-order chi connectivity index (χ0) is 24.6. The number of pyridine rings is 3. The molecule has 0 radical (unpaired) electrons. The summed E-state index contributed by atoms with van der Waals surface area (Å²) in [6, 6.07) is 24.4. The summed E-state index contributed by atoms with van der Waals surface area (Å²) in [6.45, 7) is 1.88. The van der Waals surface area contributed by atoms with Crippen molar-refractivity contribution in [3.63, 3.8) is 0 Å². The summed E-state index contributed by atoms with van der Waals surface area (Å²) >= 11 is 0. The molecule has 0 fully saturated rings. The summed E-state index contributed by atoms with van der Waals surface area (Å²) < 4.78 is 5.91. The number of Topliss-reactive ketones (excluding diaryl/α,β-unsaturated/α-hetero) is 1. The second kappa shape index (κ2) is 8.74. The summed E-state index contributed by atoms with van der Waals surface area (Å²) in [4.78, 5) is 38.6. The van der Waals surface area contributed by atoms with Gasteiger partial charge in [0.25, 0.3) is 0 Å². The van der Waals surface area contributed by atoms with Crippen LogP contribution in [0.1, 0.15) is 21.7 Å². The van der Waals surface area contributed by atoms with E-state index >= 15 is 0 Å². The highest BCUT2D eigenvalue weighted by molar-refractivity contribution is 5.98. The highest BCUT2D eigenvalue weighted by Crippen LogP contribution is 2.34. The predicted octanol–water partition coefficient (Wildman–Crippen LogP) is 6.13. The number of nitrogens with zero attached hydrogens (tertiary/aromatic N) is 2. The lowest BCUT2D eigenvalue weighted by Crippen LogP contribution is -2.15. The molecule has 0 saturated carbocycles. The Balaban J connectivity index is 1.53. The van der Waals surface area contributed by atoms with Gasteiger partial charge < -0.3 is 9.40 Å². The van der Waals surface area contributed by atoms with Crippen molar-refractivity contribution < 1.29 is 9.21 Å². The molecule has 2 aromatic carbocycles. The lowest BCUT2D eigenvalue weighted by molar-refractivity contribution is 0.0992. The number of benzene rings is 2. The number of hydrogen-bond acceptors (Lipinski definition) is 5. The molecule has 0 spiro atoms. The second-order valence-corrected chi connectivity index (χ2v) is 8.71. The first-order valence-corrected chi connectivity index (χ1v) is 11.6. The van der Waals surface area contributed by atoms with E-state index in [9.17, 15) is 9.59 Å². The number of aromatic nitrogens is 3. The Morgan fingerprint density at radius 1 is 0.972 bits per heavy atom. The van der Waals surface area contributed by atoms with Crippen LogP contribution in [0.15, 0.2) is 100 Å². The standard InChI is InChI=1S/C30H21N3O3/c1-18-9-12-27(36-18)28-23(20-10-11-25-21(14-20)8-5-13-31-25)16-24-29(35)22(17-32-30(24)33-28)15-26(34)19-6-3-2-4-7-19/h2-14,16-17H,15H2,1H3,(H,32,33,35). The van der Waals surface area contributed by atoms with E-state index in [1.807, 2.05) is 73.7 Å². The molecular formula is C30H21N3O3. The van der Waals surface area contributed by atoms with Crippen molar-refractivity contribution in [1.82, 2.24) is 15.0 Å². The number of nitrogens with one attached hydrogen (secondary N) is 1. The number of ketones is 1. The first-order valence-electron chi connectivity index (χ1n) is 11.6. The zero-order valence-electron chi connectivity index (χ0n) is 19.5. The van der Waals surface area contributed by atoms with Gasteiger partial charge in [0, 0.05) is 40.9 Å². The van der Waals surface area contributed by atoms with Gasteiger partial charge in [-0.3, -0.25) is 14.6 Å². The summed E-state index contributed by atoms with van der Waals surface area (Å²) in [5, 5.41) is 1.40. The van der Waals surface area contributed by atoms with Crippen molar-refractivity contribution >= 4 is 27.7 Å². The molecule has 6 heteroatoms. The number of H-pyrrole nitrogens is 1. The molecular weight excluding hydrogens is 450 g/mol. The smallest absolute Gasteiger partial charge is 0.194 e. The molecule has 6 aromatic rings. The van der Waals surface area contributed by atoms with Crippen molar-refractivity contribution in [2.24, 2.45) is 0 Å². The Morgan fingerprint density at radius 3 is 2.64 bits per heavy atom. The molecule has 0 aliphatic carbocycles. The molecule has 174 valence electrons. The van der Waals surface area contributed by atoms with Crippen LogP contribution in [0.25, 0.3) is 44.5 Å². The number of hydrogen-bond donors (Lipinski definition) is 1. The normalized spacial score (nSPS) is 11.2. The third-order valence-corrected chi connectivity index (χ3v) is 6.28. The molecule has 0 aliphatic rings. The lowest BCUT2D eigenvalue weighted by Gasteiger charge is -2.11. The Labute approximate surface area is 206 Å². The Kier molecular flexibility index (Phi) is 5.26. The first kappa shape index (κ1) is 21.7. The largest absolute Gasteiger partial charge is 0.460 e. The number of aromatic amines is 1. The minimum Gasteiger partial charge on any atom is -0.460 e. The molecule has 0 amide bonds. The molecule has 0 bridgehead atoms. The van der Waals surface area contributed by atoms with Gasteiger partial charge in [-0.05, 0) is 48.9 Å². The molecule has 0 saturated heterocycles. The number of rotatable bonds is 5. The number of fused-ring (bicyclic) bond motifs is 2. The quantitative estimate of drug-likeness (QED) is 0.306. The number of carbonyl (C=O) groups excluding carboxylic acids is 1. The number of furan rings is 1. The van der Waals surface area contributed by atoms with Gasteiger partial charge in [0.15, 0.2) is 17.0 Å². The maximum absolute atomic E-state index is 13.5. The Hall–Kier alpha value is -4.84. The van der Waals surface area contributed by atoms with Crippen LogP contribution >= 0.6 is 0 Å². The van der Waals surface area contributed by atoms with Gasteiger partial charge in [-0.1, -0.05) is 42.5 Å². The van der Waals surface area contributed by atoms with Crippen LogP contribution in [0.3, 0.4) is 0 Å². The van der Waals surface area contributed by atoms with Crippen LogP contribution in [0.5, 0.6) is 0 Å². The minimum absolute atomic E-state index is 0.00535. The van der Waals surface area contributed by atoms with Crippen molar-refractivity contribution in [2.75, 3.05) is 0 Å².